The Kier molecular flexibility index (Phi) is 6.69. The SMILES string of the molecule is CCC(C)NCCN(CC)Cc1cccs1. The van der Waals surface area contributed by atoms with Gasteiger partial charge in [-0.1, -0.05) is 19.9 Å². The Hall–Kier alpha value is -0.380. The summed E-state index contributed by atoms with van der Waals surface area (Å²) < 4.78 is 0. The molecule has 0 spiro atoms. The van der Waals surface area contributed by atoms with Crippen molar-refractivity contribution >= 4 is 11.3 Å². The fourth-order valence-electron chi connectivity index (χ4n) is 1.59. The van der Waals surface area contributed by atoms with Gasteiger partial charge < -0.3 is 5.32 Å². The van der Waals surface area contributed by atoms with Crippen molar-refractivity contribution in [1.82, 2.24) is 10.2 Å². The highest BCUT2D eigenvalue weighted by Crippen LogP contribution is 2.11. The molecule has 0 aliphatic carbocycles. The summed E-state index contributed by atoms with van der Waals surface area (Å²) in [4.78, 5) is 3.95. The molecule has 0 amide bonds. The maximum Gasteiger partial charge on any atom is 0.0328 e. The third-order valence-electron chi connectivity index (χ3n) is 2.94. The zero-order valence-corrected chi connectivity index (χ0v) is 11.5. The first-order valence-electron chi connectivity index (χ1n) is 6.24. The highest BCUT2D eigenvalue weighted by Gasteiger charge is 2.04. The van der Waals surface area contributed by atoms with E-state index in [1.54, 1.807) is 0 Å². The number of hydrogen-bond acceptors (Lipinski definition) is 3. The van der Waals surface area contributed by atoms with E-state index in [4.69, 9.17) is 0 Å². The zero-order chi connectivity index (χ0) is 11.8. The van der Waals surface area contributed by atoms with Crippen molar-refractivity contribution in [2.75, 3.05) is 19.6 Å². The van der Waals surface area contributed by atoms with Crippen LogP contribution in [0.2, 0.25) is 0 Å². The molecule has 1 aromatic heterocycles. The van der Waals surface area contributed by atoms with Crippen molar-refractivity contribution in [3.8, 4) is 0 Å². The predicted molar refractivity (Wildman–Crippen MR) is 73.0 cm³/mol. The lowest BCUT2D eigenvalue weighted by Crippen LogP contribution is -2.35. The Bertz CT molecular complexity index is 259. The van der Waals surface area contributed by atoms with E-state index in [9.17, 15) is 0 Å². The molecule has 1 aromatic rings. The smallest absolute Gasteiger partial charge is 0.0328 e. The molecule has 0 bridgehead atoms. The average molecular weight is 240 g/mol. The summed E-state index contributed by atoms with van der Waals surface area (Å²) in [7, 11) is 0. The zero-order valence-electron chi connectivity index (χ0n) is 10.7. The minimum Gasteiger partial charge on any atom is -0.313 e. The van der Waals surface area contributed by atoms with Crippen molar-refractivity contribution in [1.29, 1.82) is 0 Å². The van der Waals surface area contributed by atoms with Crippen LogP contribution in [0.5, 0.6) is 0 Å². The van der Waals surface area contributed by atoms with Gasteiger partial charge in [-0.05, 0) is 31.3 Å². The lowest BCUT2D eigenvalue weighted by molar-refractivity contribution is 0.277. The summed E-state index contributed by atoms with van der Waals surface area (Å²) in [6.07, 6.45) is 1.21. The topological polar surface area (TPSA) is 15.3 Å². The fraction of sp³-hybridized carbons (Fsp3) is 0.692. The van der Waals surface area contributed by atoms with Crippen LogP contribution >= 0.6 is 11.3 Å². The summed E-state index contributed by atoms with van der Waals surface area (Å²) in [5, 5.41) is 5.69. The van der Waals surface area contributed by atoms with Crippen LogP contribution in [-0.2, 0) is 6.54 Å². The highest BCUT2D eigenvalue weighted by molar-refractivity contribution is 7.09. The molecule has 0 radical (unpaired) electrons. The molecule has 1 N–H and O–H groups in total. The molecule has 0 aromatic carbocycles. The van der Waals surface area contributed by atoms with E-state index in [0.29, 0.717) is 6.04 Å². The molecule has 1 rings (SSSR count). The van der Waals surface area contributed by atoms with Crippen molar-refractivity contribution in [2.45, 2.75) is 39.8 Å². The van der Waals surface area contributed by atoms with Gasteiger partial charge in [-0.2, -0.15) is 0 Å². The maximum absolute atomic E-state index is 3.54. The van der Waals surface area contributed by atoms with Crippen LogP contribution < -0.4 is 5.32 Å². The third-order valence-corrected chi connectivity index (χ3v) is 3.80. The minimum absolute atomic E-state index is 0.639. The Morgan fingerprint density at radius 1 is 1.44 bits per heavy atom. The molecule has 3 heteroatoms. The first kappa shape index (κ1) is 13.7. The van der Waals surface area contributed by atoms with E-state index in [2.05, 4.69) is 48.5 Å². The minimum atomic E-state index is 0.639. The van der Waals surface area contributed by atoms with E-state index < -0.39 is 0 Å². The maximum atomic E-state index is 3.54. The molecule has 0 saturated heterocycles. The Morgan fingerprint density at radius 3 is 2.81 bits per heavy atom. The van der Waals surface area contributed by atoms with Gasteiger partial charge in [0.1, 0.15) is 0 Å². The number of likely N-dealkylation sites (N-methyl/N-ethyl adjacent to an activating group) is 1. The molecule has 0 aliphatic heterocycles. The van der Waals surface area contributed by atoms with Gasteiger partial charge >= 0.3 is 0 Å². The first-order valence-corrected chi connectivity index (χ1v) is 7.12. The number of rotatable bonds is 8. The molecule has 1 heterocycles. The Labute approximate surface area is 104 Å². The normalized spacial score (nSPS) is 13.2. The van der Waals surface area contributed by atoms with E-state index in [1.165, 1.54) is 11.3 Å². The van der Waals surface area contributed by atoms with Crippen LogP contribution in [-0.4, -0.2) is 30.6 Å². The van der Waals surface area contributed by atoms with Gasteiger partial charge in [0.05, 0.1) is 0 Å². The molecule has 0 aliphatic rings. The molecule has 1 atom stereocenters. The summed E-state index contributed by atoms with van der Waals surface area (Å²) in [6.45, 7) is 11.1. The van der Waals surface area contributed by atoms with E-state index in [1.807, 2.05) is 11.3 Å². The van der Waals surface area contributed by atoms with Crippen LogP contribution in [0.25, 0.3) is 0 Å². The van der Waals surface area contributed by atoms with Crippen LogP contribution in [0.1, 0.15) is 32.1 Å². The third kappa shape index (κ3) is 5.10. The summed E-state index contributed by atoms with van der Waals surface area (Å²) in [6, 6.07) is 4.99. The molecule has 0 saturated carbocycles. The highest BCUT2D eigenvalue weighted by atomic mass is 32.1. The molecule has 1 unspecified atom stereocenters. The first-order chi connectivity index (χ1) is 7.76. The Balaban J connectivity index is 2.22. The monoisotopic (exact) mass is 240 g/mol. The van der Waals surface area contributed by atoms with Gasteiger partial charge in [0.2, 0.25) is 0 Å². The van der Waals surface area contributed by atoms with Gasteiger partial charge in [-0.15, -0.1) is 11.3 Å². The van der Waals surface area contributed by atoms with Crippen LogP contribution in [0.15, 0.2) is 17.5 Å². The van der Waals surface area contributed by atoms with Crippen molar-refractivity contribution in [3.63, 3.8) is 0 Å². The second-order valence-corrected chi connectivity index (χ2v) is 5.24. The van der Waals surface area contributed by atoms with E-state index >= 15 is 0 Å². The lowest BCUT2D eigenvalue weighted by atomic mass is 10.2. The number of hydrogen-bond donors (Lipinski definition) is 1. The number of nitrogens with zero attached hydrogens (tertiary/aromatic N) is 1. The van der Waals surface area contributed by atoms with Gasteiger partial charge in [-0.3, -0.25) is 4.90 Å². The van der Waals surface area contributed by atoms with E-state index in [0.717, 1.165) is 26.2 Å². The molecule has 92 valence electrons. The van der Waals surface area contributed by atoms with Gasteiger partial charge in [0, 0.05) is 30.6 Å². The van der Waals surface area contributed by atoms with Crippen molar-refractivity contribution < 1.29 is 0 Å². The molecule has 2 nitrogen and oxygen atoms in total. The Morgan fingerprint density at radius 2 is 2.25 bits per heavy atom. The quantitative estimate of drug-likeness (QED) is 0.751. The second kappa shape index (κ2) is 7.82. The van der Waals surface area contributed by atoms with Crippen molar-refractivity contribution in [2.24, 2.45) is 0 Å². The van der Waals surface area contributed by atoms with Gasteiger partial charge in [-0.25, -0.2) is 0 Å². The van der Waals surface area contributed by atoms with Crippen LogP contribution in [0.3, 0.4) is 0 Å². The average Bonchev–Trinajstić information content (AvgIpc) is 2.80. The molecule has 16 heavy (non-hydrogen) atoms. The number of nitrogens with one attached hydrogen (secondary N) is 1. The predicted octanol–water partition coefficient (Wildman–Crippen LogP) is 2.96. The van der Waals surface area contributed by atoms with E-state index in [-0.39, 0.29) is 0 Å². The lowest BCUT2D eigenvalue weighted by Gasteiger charge is -2.21. The largest absolute Gasteiger partial charge is 0.313 e. The van der Waals surface area contributed by atoms with Crippen LogP contribution in [0, 0.1) is 0 Å². The molecule has 0 fully saturated rings. The summed E-state index contributed by atoms with van der Waals surface area (Å²) in [5.41, 5.74) is 0. The van der Waals surface area contributed by atoms with Gasteiger partial charge in [0.25, 0.3) is 0 Å². The molecular weight excluding hydrogens is 216 g/mol. The second-order valence-electron chi connectivity index (χ2n) is 4.21. The van der Waals surface area contributed by atoms with Crippen molar-refractivity contribution in [3.05, 3.63) is 22.4 Å². The van der Waals surface area contributed by atoms with Gasteiger partial charge in [0.15, 0.2) is 0 Å². The summed E-state index contributed by atoms with van der Waals surface area (Å²) >= 11 is 1.85. The fourth-order valence-corrected chi connectivity index (χ4v) is 2.33. The number of thiophene rings is 1. The van der Waals surface area contributed by atoms with Crippen LogP contribution in [0.4, 0.5) is 0 Å². The summed E-state index contributed by atoms with van der Waals surface area (Å²) in [5.74, 6) is 0. The molecular formula is C13H24N2S. The standard InChI is InChI=1S/C13H24N2S/c1-4-12(3)14-8-9-15(5-2)11-13-7-6-10-16-13/h6-7,10,12,14H,4-5,8-9,11H2,1-3H3.